The molecule has 1 rings (SSSR count). The summed E-state index contributed by atoms with van der Waals surface area (Å²) in [5, 5.41) is 14.3. The van der Waals surface area contributed by atoms with E-state index in [-0.39, 0.29) is 12.5 Å². The number of hydrogen-bond donors (Lipinski definition) is 3. The van der Waals surface area contributed by atoms with Crippen LogP contribution >= 0.6 is 0 Å². The Morgan fingerprint density at radius 3 is 2.31 bits per heavy atom. The first-order valence-corrected chi connectivity index (χ1v) is 8.85. The predicted octanol–water partition coefficient (Wildman–Crippen LogP) is 2.70. The lowest BCUT2D eigenvalue weighted by atomic mass is 10.0. The highest BCUT2D eigenvalue weighted by molar-refractivity contribution is 5.89. The van der Waals surface area contributed by atoms with Crippen LogP contribution in [0.5, 0.6) is 0 Å². The number of carboxylic acids is 1. The van der Waals surface area contributed by atoms with Gasteiger partial charge in [-0.3, -0.25) is 4.79 Å². The van der Waals surface area contributed by atoms with Gasteiger partial charge in [-0.1, -0.05) is 63.9 Å². The van der Waals surface area contributed by atoms with Crippen LogP contribution in [-0.4, -0.2) is 35.2 Å². The summed E-state index contributed by atoms with van der Waals surface area (Å²) in [5.74, 6) is -1.89. The van der Waals surface area contributed by atoms with Gasteiger partial charge in [-0.05, 0) is 17.9 Å². The molecule has 1 aromatic carbocycles. The van der Waals surface area contributed by atoms with E-state index in [1.165, 1.54) is 0 Å². The number of carbonyl (C=O) groups is 3. The molecule has 2 amide bonds. The Morgan fingerprint density at radius 2 is 1.77 bits per heavy atom. The normalized spacial score (nSPS) is 12.9. The van der Waals surface area contributed by atoms with E-state index >= 15 is 0 Å². The molecule has 144 valence electrons. The topological polar surface area (TPSA) is 105 Å². The fraction of sp³-hybridized carbons (Fsp3) is 0.526. The van der Waals surface area contributed by atoms with E-state index in [1.807, 2.05) is 37.3 Å². The summed E-state index contributed by atoms with van der Waals surface area (Å²) in [4.78, 5) is 35.7. The van der Waals surface area contributed by atoms with E-state index in [4.69, 9.17) is 4.74 Å². The zero-order chi connectivity index (χ0) is 19.5. The minimum absolute atomic E-state index is 0.0958. The van der Waals surface area contributed by atoms with Gasteiger partial charge in [0.05, 0.1) is 0 Å². The van der Waals surface area contributed by atoms with E-state index in [9.17, 15) is 19.5 Å². The second-order valence-corrected chi connectivity index (χ2v) is 6.47. The molecule has 26 heavy (non-hydrogen) atoms. The summed E-state index contributed by atoms with van der Waals surface area (Å²) in [5.41, 5.74) is 0.836. The van der Waals surface area contributed by atoms with E-state index in [2.05, 4.69) is 10.6 Å². The number of alkyl carbamates (subject to hydrolysis) is 1. The Balaban J connectivity index is 2.65. The number of benzene rings is 1. The van der Waals surface area contributed by atoms with Crippen molar-refractivity contribution < 1.29 is 24.2 Å². The molecule has 2 atom stereocenters. The van der Waals surface area contributed by atoms with Crippen LogP contribution < -0.4 is 10.6 Å². The molecule has 0 saturated heterocycles. The van der Waals surface area contributed by atoms with Crippen molar-refractivity contribution in [2.24, 2.45) is 5.92 Å². The number of nitrogens with one attached hydrogen (secondary N) is 2. The van der Waals surface area contributed by atoms with Crippen molar-refractivity contribution in [3.05, 3.63) is 35.9 Å². The molecule has 0 heterocycles. The first-order chi connectivity index (χ1) is 12.3. The Kier molecular flexibility index (Phi) is 9.19. The lowest BCUT2D eigenvalue weighted by Gasteiger charge is -2.23. The lowest BCUT2D eigenvalue weighted by molar-refractivity contribution is -0.143. The van der Waals surface area contributed by atoms with Crippen LogP contribution in [0.2, 0.25) is 0 Å². The molecule has 3 N–H and O–H groups in total. The molecule has 2 unspecified atom stereocenters. The molecule has 0 aliphatic carbocycles. The average Bonchev–Trinajstić information content (AvgIpc) is 2.61. The second kappa shape index (κ2) is 11.1. The van der Waals surface area contributed by atoms with Gasteiger partial charge in [0.15, 0.2) is 0 Å². The number of amides is 2. The first-order valence-electron chi connectivity index (χ1n) is 8.85. The van der Waals surface area contributed by atoms with Crippen LogP contribution in [0.25, 0.3) is 0 Å². The third-order valence-corrected chi connectivity index (χ3v) is 3.90. The van der Waals surface area contributed by atoms with E-state index < -0.39 is 30.1 Å². The van der Waals surface area contributed by atoms with Gasteiger partial charge in [-0.25, -0.2) is 9.59 Å². The van der Waals surface area contributed by atoms with Crippen LogP contribution in [0.15, 0.2) is 30.3 Å². The minimum Gasteiger partial charge on any atom is -0.480 e. The number of carboxylic acid groups (broad SMARTS) is 1. The zero-order valence-electron chi connectivity index (χ0n) is 15.5. The van der Waals surface area contributed by atoms with Crippen molar-refractivity contribution in [3.8, 4) is 0 Å². The maximum Gasteiger partial charge on any atom is 0.408 e. The molecule has 7 heteroatoms. The maximum absolute atomic E-state index is 12.4. The highest BCUT2D eigenvalue weighted by Gasteiger charge is 2.28. The summed E-state index contributed by atoms with van der Waals surface area (Å²) in [7, 11) is 0. The monoisotopic (exact) mass is 364 g/mol. The number of aliphatic carboxylic acids is 1. The fourth-order valence-electron chi connectivity index (χ4n) is 2.35. The number of rotatable bonds is 10. The summed E-state index contributed by atoms with van der Waals surface area (Å²) < 4.78 is 5.14. The van der Waals surface area contributed by atoms with Crippen molar-refractivity contribution in [3.63, 3.8) is 0 Å². The summed E-state index contributed by atoms with van der Waals surface area (Å²) in [6, 6.07) is 7.36. The molecular formula is C19H28N2O5. The Morgan fingerprint density at radius 1 is 1.12 bits per heavy atom. The number of unbranched alkanes of at least 4 members (excludes halogenated alkanes) is 1. The van der Waals surface area contributed by atoms with Gasteiger partial charge in [-0.15, -0.1) is 0 Å². The maximum atomic E-state index is 12.4. The Hall–Kier alpha value is -2.57. The lowest BCUT2D eigenvalue weighted by Crippen LogP contribution is -2.53. The molecule has 0 aromatic heterocycles. The molecule has 0 fully saturated rings. The molecule has 0 aliphatic heterocycles. The molecule has 0 aliphatic rings. The van der Waals surface area contributed by atoms with Crippen molar-refractivity contribution >= 4 is 18.0 Å². The van der Waals surface area contributed by atoms with Gasteiger partial charge in [0.25, 0.3) is 0 Å². The summed E-state index contributed by atoms with van der Waals surface area (Å²) in [6.07, 6.45) is 1.27. The summed E-state index contributed by atoms with van der Waals surface area (Å²) in [6.45, 7) is 5.48. The van der Waals surface area contributed by atoms with Gasteiger partial charge in [0, 0.05) is 0 Å². The molecule has 0 bridgehead atoms. The fourth-order valence-corrected chi connectivity index (χ4v) is 2.35. The van der Waals surface area contributed by atoms with Crippen molar-refractivity contribution in [1.82, 2.24) is 10.6 Å². The number of carbonyl (C=O) groups excluding carboxylic acids is 2. The van der Waals surface area contributed by atoms with Gasteiger partial charge < -0.3 is 20.5 Å². The minimum atomic E-state index is -1.10. The van der Waals surface area contributed by atoms with Crippen molar-refractivity contribution in [2.75, 3.05) is 0 Å². The third-order valence-electron chi connectivity index (χ3n) is 3.90. The average molecular weight is 364 g/mol. The SMILES string of the molecule is CCCCC(NC(=O)OCc1ccccc1)C(=O)NC(C(=O)O)C(C)C. The van der Waals surface area contributed by atoms with Crippen molar-refractivity contribution in [2.45, 2.75) is 58.7 Å². The highest BCUT2D eigenvalue weighted by atomic mass is 16.5. The van der Waals surface area contributed by atoms with E-state index in [0.717, 1.165) is 18.4 Å². The zero-order valence-corrected chi connectivity index (χ0v) is 15.5. The molecule has 0 saturated carbocycles. The van der Waals surface area contributed by atoms with Crippen molar-refractivity contribution in [1.29, 1.82) is 0 Å². The number of ether oxygens (including phenoxy) is 1. The largest absolute Gasteiger partial charge is 0.480 e. The van der Waals surface area contributed by atoms with Gasteiger partial charge >= 0.3 is 12.1 Å². The number of hydrogen-bond acceptors (Lipinski definition) is 4. The van der Waals surface area contributed by atoms with Crippen LogP contribution in [0.4, 0.5) is 4.79 Å². The smallest absolute Gasteiger partial charge is 0.408 e. The molecule has 0 radical (unpaired) electrons. The standard InChI is InChI=1S/C19H28N2O5/c1-4-5-11-15(17(22)21-16(13(2)3)18(23)24)20-19(25)26-12-14-9-7-6-8-10-14/h6-10,13,15-16H,4-5,11-12H2,1-3H3,(H,20,25)(H,21,22)(H,23,24). The van der Waals surface area contributed by atoms with Gasteiger partial charge in [0.2, 0.25) is 5.91 Å². The van der Waals surface area contributed by atoms with Crippen LogP contribution in [0.3, 0.4) is 0 Å². The van der Waals surface area contributed by atoms with E-state index in [1.54, 1.807) is 13.8 Å². The molecule has 0 spiro atoms. The van der Waals surface area contributed by atoms with E-state index in [0.29, 0.717) is 6.42 Å². The second-order valence-electron chi connectivity index (χ2n) is 6.47. The van der Waals surface area contributed by atoms with Crippen LogP contribution in [0.1, 0.15) is 45.6 Å². The molecule has 7 nitrogen and oxygen atoms in total. The van der Waals surface area contributed by atoms with Crippen LogP contribution in [0, 0.1) is 5.92 Å². The van der Waals surface area contributed by atoms with Crippen LogP contribution in [-0.2, 0) is 20.9 Å². The Bertz CT molecular complexity index is 589. The quantitative estimate of drug-likeness (QED) is 0.592. The third kappa shape index (κ3) is 7.55. The first kappa shape index (κ1) is 21.5. The molecular weight excluding hydrogens is 336 g/mol. The highest BCUT2D eigenvalue weighted by Crippen LogP contribution is 2.07. The summed E-state index contributed by atoms with van der Waals surface area (Å²) >= 11 is 0. The Labute approximate surface area is 154 Å². The predicted molar refractivity (Wildman–Crippen MR) is 97.5 cm³/mol. The van der Waals surface area contributed by atoms with Gasteiger partial charge in [-0.2, -0.15) is 0 Å². The molecule has 1 aromatic rings. The van der Waals surface area contributed by atoms with Gasteiger partial charge in [0.1, 0.15) is 18.7 Å².